The highest BCUT2D eigenvalue weighted by Crippen LogP contribution is 2.15. The summed E-state index contributed by atoms with van der Waals surface area (Å²) in [6.45, 7) is 5.81. The first-order valence-corrected chi connectivity index (χ1v) is 5.61. The Bertz CT molecular complexity index is 363. The maximum Gasteiger partial charge on any atom is 0.314 e. The highest BCUT2D eigenvalue weighted by Gasteiger charge is 2.12. The lowest BCUT2D eigenvalue weighted by molar-refractivity contribution is -0.138. The van der Waals surface area contributed by atoms with Crippen molar-refractivity contribution in [1.82, 2.24) is 0 Å². The Hall–Kier alpha value is -1.57. The Morgan fingerprint density at radius 1 is 1.38 bits per heavy atom. The fraction of sp³-hybridized carbons (Fsp3) is 0.357. The molecule has 0 aliphatic carbocycles. The standard InChI is InChI=1S/C14H18O2/c1-4-6-12-7-9-13(10-8-12)16-14(15)11(3)5-2/h4,6-11H,5H2,1-3H3. The fourth-order valence-electron chi connectivity index (χ4n) is 1.22. The van der Waals surface area contributed by atoms with Crippen molar-refractivity contribution < 1.29 is 9.53 Å². The van der Waals surface area contributed by atoms with Crippen LogP contribution in [0.2, 0.25) is 0 Å². The number of carbonyl (C=O) groups excluding carboxylic acids is 1. The van der Waals surface area contributed by atoms with Crippen molar-refractivity contribution >= 4 is 12.0 Å². The van der Waals surface area contributed by atoms with Gasteiger partial charge in [0, 0.05) is 0 Å². The van der Waals surface area contributed by atoms with Gasteiger partial charge in [-0.1, -0.05) is 38.1 Å². The van der Waals surface area contributed by atoms with Crippen molar-refractivity contribution in [3.05, 3.63) is 35.9 Å². The molecule has 0 amide bonds. The van der Waals surface area contributed by atoms with Gasteiger partial charge in [-0.15, -0.1) is 0 Å². The first kappa shape index (κ1) is 12.5. The molecule has 2 heteroatoms. The van der Waals surface area contributed by atoms with E-state index in [1.807, 2.05) is 57.2 Å². The fourth-order valence-corrected chi connectivity index (χ4v) is 1.22. The van der Waals surface area contributed by atoms with E-state index in [1.165, 1.54) is 0 Å². The van der Waals surface area contributed by atoms with Crippen LogP contribution in [0.5, 0.6) is 5.75 Å². The molecular formula is C14H18O2. The topological polar surface area (TPSA) is 26.3 Å². The van der Waals surface area contributed by atoms with Crippen LogP contribution >= 0.6 is 0 Å². The smallest absolute Gasteiger partial charge is 0.314 e. The van der Waals surface area contributed by atoms with Crippen LogP contribution in [-0.4, -0.2) is 5.97 Å². The Morgan fingerprint density at radius 3 is 2.50 bits per heavy atom. The van der Waals surface area contributed by atoms with Gasteiger partial charge in [-0.3, -0.25) is 4.79 Å². The largest absolute Gasteiger partial charge is 0.426 e. The summed E-state index contributed by atoms with van der Waals surface area (Å²) in [7, 11) is 0. The first-order chi connectivity index (χ1) is 7.67. The number of esters is 1. The minimum Gasteiger partial charge on any atom is -0.426 e. The first-order valence-electron chi connectivity index (χ1n) is 5.61. The lowest BCUT2D eigenvalue weighted by Gasteiger charge is -2.08. The Kier molecular flexibility index (Phi) is 4.77. The molecule has 1 unspecified atom stereocenters. The van der Waals surface area contributed by atoms with Gasteiger partial charge in [0.15, 0.2) is 0 Å². The molecule has 0 aromatic heterocycles. The van der Waals surface area contributed by atoms with Gasteiger partial charge in [-0.05, 0) is 31.0 Å². The molecule has 0 saturated heterocycles. The van der Waals surface area contributed by atoms with Crippen LogP contribution in [0, 0.1) is 5.92 Å². The SMILES string of the molecule is CC=Cc1ccc(OC(=O)C(C)CC)cc1. The second-order valence-electron chi connectivity index (χ2n) is 3.80. The molecule has 0 spiro atoms. The zero-order valence-electron chi connectivity index (χ0n) is 10.1. The van der Waals surface area contributed by atoms with Crippen molar-refractivity contribution in [3.63, 3.8) is 0 Å². The van der Waals surface area contributed by atoms with E-state index in [-0.39, 0.29) is 11.9 Å². The maximum atomic E-state index is 11.5. The highest BCUT2D eigenvalue weighted by molar-refractivity contribution is 5.74. The Morgan fingerprint density at radius 2 is 2.00 bits per heavy atom. The van der Waals surface area contributed by atoms with Gasteiger partial charge in [0.2, 0.25) is 0 Å². The zero-order chi connectivity index (χ0) is 12.0. The minimum absolute atomic E-state index is 0.0461. The molecule has 1 rings (SSSR count). The molecule has 0 bridgehead atoms. The summed E-state index contributed by atoms with van der Waals surface area (Å²) >= 11 is 0. The molecule has 1 aromatic rings. The van der Waals surface area contributed by atoms with E-state index in [0.717, 1.165) is 12.0 Å². The molecule has 0 fully saturated rings. The summed E-state index contributed by atoms with van der Waals surface area (Å²) in [6, 6.07) is 7.49. The van der Waals surface area contributed by atoms with Gasteiger partial charge < -0.3 is 4.74 Å². The van der Waals surface area contributed by atoms with Gasteiger partial charge in [-0.25, -0.2) is 0 Å². The van der Waals surface area contributed by atoms with Crippen molar-refractivity contribution in [2.45, 2.75) is 27.2 Å². The summed E-state index contributed by atoms with van der Waals surface area (Å²) in [5, 5.41) is 0. The Balaban J connectivity index is 2.65. The lowest BCUT2D eigenvalue weighted by Crippen LogP contribution is -2.16. The summed E-state index contributed by atoms with van der Waals surface area (Å²) in [6.07, 6.45) is 4.77. The monoisotopic (exact) mass is 218 g/mol. The molecule has 1 atom stereocenters. The molecule has 0 saturated carbocycles. The van der Waals surface area contributed by atoms with E-state index in [0.29, 0.717) is 5.75 Å². The van der Waals surface area contributed by atoms with Crippen LogP contribution in [0.4, 0.5) is 0 Å². The molecule has 0 heterocycles. The molecular weight excluding hydrogens is 200 g/mol. The average molecular weight is 218 g/mol. The summed E-state index contributed by atoms with van der Waals surface area (Å²) in [5.41, 5.74) is 1.10. The Labute approximate surface area is 96.9 Å². The second kappa shape index (κ2) is 6.11. The molecule has 0 radical (unpaired) electrons. The molecule has 1 aromatic carbocycles. The van der Waals surface area contributed by atoms with Crippen molar-refractivity contribution in [3.8, 4) is 5.75 Å². The molecule has 86 valence electrons. The van der Waals surface area contributed by atoms with E-state index >= 15 is 0 Å². The van der Waals surface area contributed by atoms with E-state index < -0.39 is 0 Å². The van der Waals surface area contributed by atoms with Gasteiger partial charge in [-0.2, -0.15) is 0 Å². The quantitative estimate of drug-likeness (QED) is 0.569. The van der Waals surface area contributed by atoms with Gasteiger partial charge in [0.25, 0.3) is 0 Å². The van der Waals surface area contributed by atoms with Gasteiger partial charge in [0.05, 0.1) is 5.92 Å². The van der Waals surface area contributed by atoms with Crippen molar-refractivity contribution in [2.24, 2.45) is 5.92 Å². The van der Waals surface area contributed by atoms with Gasteiger partial charge >= 0.3 is 5.97 Å². The van der Waals surface area contributed by atoms with E-state index in [1.54, 1.807) is 0 Å². The predicted molar refractivity (Wildman–Crippen MR) is 66.2 cm³/mol. The lowest BCUT2D eigenvalue weighted by atomic mass is 10.1. The van der Waals surface area contributed by atoms with Crippen LogP contribution in [0.25, 0.3) is 6.08 Å². The van der Waals surface area contributed by atoms with Crippen LogP contribution in [0.3, 0.4) is 0 Å². The average Bonchev–Trinajstić information content (AvgIpc) is 2.31. The number of allylic oxidation sites excluding steroid dienone is 1. The van der Waals surface area contributed by atoms with Gasteiger partial charge in [0.1, 0.15) is 5.75 Å². The van der Waals surface area contributed by atoms with E-state index in [4.69, 9.17) is 4.74 Å². The highest BCUT2D eigenvalue weighted by atomic mass is 16.5. The number of ether oxygens (including phenoxy) is 1. The summed E-state index contributed by atoms with van der Waals surface area (Å²) in [5.74, 6) is 0.398. The van der Waals surface area contributed by atoms with Crippen LogP contribution in [0.1, 0.15) is 32.8 Å². The number of benzene rings is 1. The zero-order valence-corrected chi connectivity index (χ0v) is 10.1. The van der Waals surface area contributed by atoms with E-state index in [2.05, 4.69) is 0 Å². The minimum atomic E-state index is -0.165. The summed E-state index contributed by atoms with van der Waals surface area (Å²) in [4.78, 5) is 11.5. The second-order valence-corrected chi connectivity index (χ2v) is 3.80. The number of carbonyl (C=O) groups is 1. The van der Waals surface area contributed by atoms with E-state index in [9.17, 15) is 4.79 Å². The third-order valence-electron chi connectivity index (χ3n) is 2.47. The molecule has 16 heavy (non-hydrogen) atoms. The summed E-state index contributed by atoms with van der Waals surface area (Å²) < 4.78 is 5.24. The molecule has 2 nitrogen and oxygen atoms in total. The number of hydrogen-bond donors (Lipinski definition) is 0. The third-order valence-corrected chi connectivity index (χ3v) is 2.47. The van der Waals surface area contributed by atoms with Crippen molar-refractivity contribution in [1.29, 1.82) is 0 Å². The van der Waals surface area contributed by atoms with Crippen molar-refractivity contribution in [2.75, 3.05) is 0 Å². The van der Waals surface area contributed by atoms with Crippen LogP contribution in [-0.2, 0) is 4.79 Å². The molecule has 0 N–H and O–H groups in total. The van der Waals surface area contributed by atoms with Crippen LogP contribution < -0.4 is 4.74 Å². The molecule has 0 aliphatic heterocycles. The number of hydrogen-bond acceptors (Lipinski definition) is 2. The predicted octanol–water partition coefficient (Wildman–Crippen LogP) is 3.67. The normalized spacial score (nSPS) is 12.7. The maximum absolute atomic E-state index is 11.5. The van der Waals surface area contributed by atoms with Crippen LogP contribution in [0.15, 0.2) is 30.3 Å². The number of rotatable bonds is 4. The molecule has 0 aliphatic rings. The third kappa shape index (κ3) is 3.54.